The van der Waals surface area contributed by atoms with Crippen molar-refractivity contribution in [2.24, 2.45) is 13.0 Å². The zero-order chi connectivity index (χ0) is 18.8. The van der Waals surface area contributed by atoms with E-state index in [2.05, 4.69) is 52.4 Å². The summed E-state index contributed by atoms with van der Waals surface area (Å²) in [6, 6.07) is 18.2. The van der Waals surface area contributed by atoms with Crippen molar-refractivity contribution in [2.45, 2.75) is 19.8 Å². The highest BCUT2D eigenvalue weighted by Gasteiger charge is 2.16. The van der Waals surface area contributed by atoms with Crippen LogP contribution in [0.5, 0.6) is 0 Å². The van der Waals surface area contributed by atoms with Crippen LogP contribution < -0.4 is 5.32 Å². The average Bonchev–Trinajstić information content (AvgIpc) is 3.02. The van der Waals surface area contributed by atoms with Crippen molar-refractivity contribution in [3.63, 3.8) is 0 Å². The highest BCUT2D eigenvalue weighted by atomic mass is 16.1. The molecule has 0 saturated heterocycles. The number of aromatic nitrogens is 2. The Morgan fingerprint density at radius 3 is 2.81 bits per heavy atom. The Bertz CT molecular complexity index is 1110. The van der Waals surface area contributed by atoms with E-state index in [9.17, 15) is 4.79 Å². The number of amides is 1. The van der Waals surface area contributed by atoms with Gasteiger partial charge in [0, 0.05) is 41.6 Å². The van der Waals surface area contributed by atoms with Crippen LogP contribution in [0.2, 0.25) is 0 Å². The summed E-state index contributed by atoms with van der Waals surface area (Å²) >= 11 is 0. The lowest BCUT2D eigenvalue weighted by Gasteiger charge is -2.13. The molecule has 0 bridgehead atoms. The maximum Gasteiger partial charge on any atom is 0.227 e. The van der Waals surface area contributed by atoms with Gasteiger partial charge in [-0.3, -0.25) is 9.78 Å². The molecule has 0 aliphatic rings. The number of carbonyl (C=O) groups is 1. The lowest BCUT2D eigenvalue weighted by molar-refractivity contribution is -0.119. The minimum Gasteiger partial charge on any atom is -0.350 e. The molecule has 0 aliphatic carbocycles. The van der Waals surface area contributed by atoms with Crippen LogP contribution in [0.1, 0.15) is 18.9 Å². The minimum atomic E-state index is -0.0806. The molecule has 1 N–H and O–H groups in total. The van der Waals surface area contributed by atoms with Crippen molar-refractivity contribution in [3.8, 4) is 0 Å². The second kappa shape index (κ2) is 7.23. The Hall–Kier alpha value is -3.14. The standard InChI is InChI=1S/C23H23N3O/c1-16(12-13-18-15-26(2)21-11-4-3-9-19(18)21)23(27)25-20-10-5-7-17-8-6-14-24-22(17)20/h3-11,14-16H,12-13H2,1-2H3,(H,25,27). The Morgan fingerprint density at radius 1 is 1.11 bits per heavy atom. The van der Waals surface area contributed by atoms with Gasteiger partial charge in [-0.1, -0.05) is 43.3 Å². The number of nitrogens with one attached hydrogen (secondary N) is 1. The van der Waals surface area contributed by atoms with Gasteiger partial charge in [0.05, 0.1) is 11.2 Å². The van der Waals surface area contributed by atoms with Crippen molar-refractivity contribution in [1.29, 1.82) is 0 Å². The summed E-state index contributed by atoms with van der Waals surface area (Å²) in [5, 5.41) is 5.35. The zero-order valence-corrected chi connectivity index (χ0v) is 15.6. The number of benzene rings is 2. The second-order valence-corrected chi connectivity index (χ2v) is 7.09. The van der Waals surface area contributed by atoms with Gasteiger partial charge >= 0.3 is 0 Å². The third-order valence-electron chi connectivity index (χ3n) is 5.16. The third-order valence-corrected chi connectivity index (χ3v) is 5.16. The van der Waals surface area contributed by atoms with Crippen LogP contribution in [0.25, 0.3) is 21.8 Å². The number of hydrogen-bond donors (Lipinski definition) is 1. The summed E-state index contributed by atoms with van der Waals surface area (Å²) < 4.78 is 2.15. The molecule has 1 amide bonds. The van der Waals surface area contributed by atoms with E-state index < -0.39 is 0 Å². The Morgan fingerprint density at radius 2 is 1.93 bits per heavy atom. The molecule has 2 aromatic carbocycles. The third kappa shape index (κ3) is 3.43. The molecule has 4 rings (SSSR count). The van der Waals surface area contributed by atoms with Gasteiger partial charge in [0.1, 0.15) is 0 Å². The molecule has 0 spiro atoms. The Balaban J connectivity index is 1.46. The van der Waals surface area contributed by atoms with Crippen molar-refractivity contribution in [1.82, 2.24) is 9.55 Å². The molecule has 0 aliphatic heterocycles. The fraction of sp³-hybridized carbons (Fsp3) is 0.217. The van der Waals surface area contributed by atoms with Crippen molar-refractivity contribution in [3.05, 3.63) is 72.6 Å². The smallest absolute Gasteiger partial charge is 0.227 e. The minimum absolute atomic E-state index is 0.0355. The Labute approximate surface area is 158 Å². The molecular formula is C23H23N3O. The van der Waals surface area contributed by atoms with Crippen LogP contribution in [0, 0.1) is 5.92 Å². The van der Waals surface area contributed by atoms with Crippen LogP contribution in [-0.4, -0.2) is 15.5 Å². The number of nitrogens with zero attached hydrogens (tertiary/aromatic N) is 2. The van der Waals surface area contributed by atoms with Gasteiger partial charge in [-0.15, -0.1) is 0 Å². The lowest BCUT2D eigenvalue weighted by Crippen LogP contribution is -2.21. The predicted octanol–water partition coefficient (Wildman–Crippen LogP) is 4.93. The predicted molar refractivity (Wildman–Crippen MR) is 111 cm³/mol. The van der Waals surface area contributed by atoms with Gasteiger partial charge in [0.25, 0.3) is 0 Å². The van der Waals surface area contributed by atoms with Gasteiger partial charge in [-0.2, -0.15) is 0 Å². The number of fused-ring (bicyclic) bond motifs is 2. The van der Waals surface area contributed by atoms with E-state index in [-0.39, 0.29) is 11.8 Å². The summed E-state index contributed by atoms with van der Waals surface area (Å²) in [5.41, 5.74) is 4.12. The fourth-order valence-electron chi connectivity index (χ4n) is 3.59. The van der Waals surface area contributed by atoms with Crippen molar-refractivity contribution >= 4 is 33.4 Å². The number of hydrogen-bond acceptors (Lipinski definition) is 2. The van der Waals surface area contributed by atoms with Gasteiger partial charge in [0.2, 0.25) is 5.91 Å². The molecule has 0 radical (unpaired) electrons. The number of rotatable bonds is 5. The molecule has 1 unspecified atom stereocenters. The zero-order valence-electron chi connectivity index (χ0n) is 15.6. The molecule has 4 heteroatoms. The van der Waals surface area contributed by atoms with Gasteiger partial charge in [0.15, 0.2) is 0 Å². The quantitative estimate of drug-likeness (QED) is 0.550. The molecular weight excluding hydrogens is 334 g/mol. The molecule has 27 heavy (non-hydrogen) atoms. The highest BCUT2D eigenvalue weighted by molar-refractivity contribution is 6.00. The summed E-state index contributed by atoms with van der Waals surface area (Å²) in [6.07, 6.45) is 5.60. The highest BCUT2D eigenvalue weighted by Crippen LogP contribution is 2.24. The molecule has 0 saturated carbocycles. The van der Waals surface area contributed by atoms with E-state index >= 15 is 0 Å². The summed E-state index contributed by atoms with van der Waals surface area (Å²) in [5.74, 6) is -0.0451. The van der Waals surface area contributed by atoms with E-state index in [0.29, 0.717) is 0 Å². The van der Waals surface area contributed by atoms with Gasteiger partial charge in [-0.05, 0) is 36.6 Å². The van der Waals surface area contributed by atoms with Crippen LogP contribution >= 0.6 is 0 Å². The SMILES string of the molecule is CC(CCc1cn(C)c2ccccc12)C(=O)Nc1cccc2cccnc12. The van der Waals surface area contributed by atoms with Crippen molar-refractivity contribution in [2.75, 3.05) is 5.32 Å². The summed E-state index contributed by atoms with van der Waals surface area (Å²) in [6.45, 7) is 1.99. The molecule has 136 valence electrons. The number of anilines is 1. The summed E-state index contributed by atoms with van der Waals surface area (Å²) in [4.78, 5) is 17.1. The second-order valence-electron chi connectivity index (χ2n) is 7.09. The average molecular weight is 357 g/mol. The van der Waals surface area contributed by atoms with E-state index in [1.165, 1.54) is 16.5 Å². The van der Waals surface area contributed by atoms with Gasteiger partial charge < -0.3 is 9.88 Å². The normalized spacial score (nSPS) is 12.4. The number of pyridine rings is 1. The van der Waals surface area contributed by atoms with Crippen LogP contribution in [0.4, 0.5) is 5.69 Å². The topological polar surface area (TPSA) is 46.9 Å². The maximum absolute atomic E-state index is 12.7. The van der Waals surface area contributed by atoms with Crippen LogP contribution in [0.3, 0.4) is 0 Å². The number of aryl methyl sites for hydroxylation is 2. The maximum atomic E-state index is 12.7. The first kappa shape index (κ1) is 17.3. The molecule has 2 aromatic heterocycles. The first-order chi connectivity index (χ1) is 13.1. The lowest BCUT2D eigenvalue weighted by atomic mass is 10.00. The van der Waals surface area contributed by atoms with E-state index in [0.717, 1.165) is 29.4 Å². The first-order valence-electron chi connectivity index (χ1n) is 9.31. The molecule has 2 heterocycles. The molecule has 1 atom stereocenters. The number of carbonyl (C=O) groups excluding carboxylic acids is 1. The first-order valence-corrected chi connectivity index (χ1v) is 9.31. The molecule has 4 aromatic rings. The largest absolute Gasteiger partial charge is 0.350 e. The fourth-order valence-corrected chi connectivity index (χ4v) is 3.59. The van der Waals surface area contributed by atoms with Crippen LogP contribution in [-0.2, 0) is 18.3 Å². The monoisotopic (exact) mass is 357 g/mol. The number of para-hydroxylation sites is 2. The molecule has 0 fully saturated rings. The summed E-state index contributed by atoms with van der Waals surface area (Å²) in [7, 11) is 2.06. The van der Waals surface area contributed by atoms with Gasteiger partial charge in [-0.25, -0.2) is 0 Å². The van der Waals surface area contributed by atoms with Crippen molar-refractivity contribution < 1.29 is 4.79 Å². The Kier molecular flexibility index (Phi) is 4.63. The molecule has 4 nitrogen and oxygen atoms in total. The van der Waals surface area contributed by atoms with E-state index in [1.807, 2.05) is 37.3 Å². The van der Waals surface area contributed by atoms with E-state index in [1.54, 1.807) is 6.20 Å². The van der Waals surface area contributed by atoms with E-state index in [4.69, 9.17) is 0 Å². The van der Waals surface area contributed by atoms with Crippen LogP contribution in [0.15, 0.2) is 67.0 Å².